The number of likely N-dealkylation sites (N-methyl/N-ethyl adjacent to an activating group) is 1. The summed E-state index contributed by atoms with van der Waals surface area (Å²) in [5.41, 5.74) is 1.37. The molecular formula is C16H23FN2O2. The smallest absolute Gasteiger partial charge is 0.227 e. The Kier molecular flexibility index (Phi) is 5.31. The first-order valence-electron chi connectivity index (χ1n) is 7.40. The van der Waals surface area contributed by atoms with E-state index in [0.29, 0.717) is 18.8 Å². The fourth-order valence-electron chi connectivity index (χ4n) is 2.56. The van der Waals surface area contributed by atoms with Crippen LogP contribution < -0.4 is 10.6 Å². The standard InChI is InChI=1S/C16H23FN2O2/c1-4-18-15-9-21-8-13(15)16(20)19-11(3)12-6-5-10(2)14(17)7-12/h5-7,11,13,15,18H,4,8-9H2,1-3H3,(H,19,20). The number of rotatable bonds is 5. The van der Waals surface area contributed by atoms with Crippen LogP contribution >= 0.6 is 0 Å². The van der Waals surface area contributed by atoms with Gasteiger partial charge in [0.25, 0.3) is 0 Å². The van der Waals surface area contributed by atoms with Gasteiger partial charge in [-0.2, -0.15) is 0 Å². The van der Waals surface area contributed by atoms with E-state index < -0.39 is 0 Å². The predicted octanol–water partition coefficient (Wildman–Crippen LogP) is 1.94. The van der Waals surface area contributed by atoms with Crippen LogP contribution in [-0.4, -0.2) is 31.7 Å². The summed E-state index contributed by atoms with van der Waals surface area (Å²) in [6, 6.07) is 4.88. The Balaban J connectivity index is 1.99. The zero-order valence-electron chi connectivity index (χ0n) is 12.8. The van der Waals surface area contributed by atoms with Crippen molar-refractivity contribution >= 4 is 5.91 Å². The van der Waals surface area contributed by atoms with Crippen LogP contribution in [-0.2, 0) is 9.53 Å². The fraction of sp³-hybridized carbons (Fsp3) is 0.562. The Labute approximate surface area is 125 Å². The van der Waals surface area contributed by atoms with Crippen molar-refractivity contribution in [2.45, 2.75) is 32.9 Å². The average Bonchev–Trinajstić information content (AvgIpc) is 2.90. The van der Waals surface area contributed by atoms with Crippen LogP contribution in [0.1, 0.15) is 31.0 Å². The number of carbonyl (C=O) groups excluding carboxylic acids is 1. The van der Waals surface area contributed by atoms with Crippen molar-refractivity contribution in [3.63, 3.8) is 0 Å². The largest absolute Gasteiger partial charge is 0.379 e. The van der Waals surface area contributed by atoms with Crippen LogP contribution in [0.15, 0.2) is 18.2 Å². The molecule has 1 heterocycles. The van der Waals surface area contributed by atoms with Gasteiger partial charge in [-0.1, -0.05) is 19.1 Å². The van der Waals surface area contributed by atoms with E-state index in [4.69, 9.17) is 4.74 Å². The molecule has 1 aliphatic rings. The molecule has 0 bridgehead atoms. The first kappa shape index (κ1) is 15.9. The SMILES string of the molecule is CCNC1COCC1C(=O)NC(C)c1ccc(C)c(F)c1. The van der Waals surface area contributed by atoms with Crippen molar-refractivity contribution in [2.75, 3.05) is 19.8 Å². The Morgan fingerprint density at radius 3 is 2.90 bits per heavy atom. The molecule has 1 saturated heterocycles. The maximum Gasteiger partial charge on any atom is 0.227 e. The predicted molar refractivity (Wildman–Crippen MR) is 79.5 cm³/mol. The zero-order chi connectivity index (χ0) is 15.4. The molecule has 21 heavy (non-hydrogen) atoms. The molecule has 0 radical (unpaired) electrons. The van der Waals surface area contributed by atoms with Crippen molar-refractivity contribution in [3.8, 4) is 0 Å². The molecule has 0 aliphatic carbocycles. The highest BCUT2D eigenvalue weighted by Crippen LogP contribution is 2.19. The molecule has 3 unspecified atom stereocenters. The van der Waals surface area contributed by atoms with E-state index in [0.717, 1.165) is 12.1 Å². The summed E-state index contributed by atoms with van der Waals surface area (Å²) < 4.78 is 19.0. The number of hydrogen-bond donors (Lipinski definition) is 2. The number of nitrogens with one attached hydrogen (secondary N) is 2. The Bertz CT molecular complexity index is 507. The normalized spacial score (nSPS) is 23.0. The fourth-order valence-corrected chi connectivity index (χ4v) is 2.56. The molecule has 1 aliphatic heterocycles. The summed E-state index contributed by atoms with van der Waals surface area (Å²) in [6.45, 7) is 7.37. The second-order valence-electron chi connectivity index (χ2n) is 5.55. The van der Waals surface area contributed by atoms with Gasteiger partial charge < -0.3 is 15.4 Å². The van der Waals surface area contributed by atoms with Gasteiger partial charge in [-0.15, -0.1) is 0 Å². The second-order valence-corrected chi connectivity index (χ2v) is 5.55. The van der Waals surface area contributed by atoms with E-state index in [1.165, 1.54) is 6.07 Å². The van der Waals surface area contributed by atoms with Crippen molar-refractivity contribution < 1.29 is 13.9 Å². The van der Waals surface area contributed by atoms with Gasteiger partial charge in [-0.25, -0.2) is 4.39 Å². The van der Waals surface area contributed by atoms with E-state index in [1.807, 2.05) is 19.9 Å². The van der Waals surface area contributed by atoms with Gasteiger partial charge in [0.15, 0.2) is 0 Å². The number of amides is 1. The van der Waals surface area contributed by atoms with Gasteiger partial charge in [-0.05, 0) is 37.6 Å². The molecule has 1 fully saturated rings. The second kappa shape index (κ2) is 7.00. The van der Waals surface area contributed by atoms with Crippen molar-refractivity contribution in [2.24, 2.45) is 5.92 Å². The minimum atomic E-state index is -0.247. The molecular weight excluding hydrogens is 271 g/mol. The summed E-state index contributed by atoms with van der Waals surface area (Å²) in [5, 5.41) is 6.21. The van der Waals surface area contributed by atoms with Crippen LogP contribution in [0.2, 0.25) is 0 Å². The van der Waals surface area contributed by atoms with Crippen LogP contribution in [0.4, 0.5) is 4.39 Å². The van der Waals surface area contributed by atoms with E-state index in [-0.39, 0.29) is 29.7 Å². The monoisotopic (exact) mass is 294 g/mol. The summed E-state index contributed by atoms with van der Waals surface area (Å²) in [5.74, 6) is -0.488. The number of aryl methyl sites for hydroxylation is 1. The summed E-state index contributed by atoms with van der Waals surface area (Å²) in [4.78, 5) is 12.3. The Morgan fingerprint density at radius 2 is 2.24 bits per heavy atom. The summed E-state index contributed by atoms with van der Waals surface area (Å²) in [7, 11) is 0. The lowest BCUT2D eigenvalue weighted by atomic mass is 10.0. The number of ether oxygens (including phenoxy) is 1. The highest BCUT2D eigenvalue weighted by atomic mass is 19.1. The van der Waals surface area contributed by atoms with E-state index in [9.17, 15) is 9.18 Å². The number of halogens is 1. The van der Waals surface area contributed by atoms with E-state index in [1.54, 1.807) is 13.0 Å². The molecule has 1 amide bonds. The first-order chi connectivity index (χ1) is 10.0. The number of hydrogen-bond acceptors (Lipinski definition) is 3. The van der Waals surface area contributed by atoms with Crippen molar-refractivity contribution in [3.05, 3.63) is 35.1 Å². The highest BCUT2D eigenvalue weighted by Gasteiger charge is 2.33. The van der Waals surface area contributed by atoms with Crippen molar-refractivity contribution in [1.82, 2.24) is 10.6 Å². The van der Waals surface area contributed by atoms with Crippen LogP contribution in [0.5, 0.6) is 0 Å². The van der Waals surface area contributed by atoms with Gasteiger partial charge in [0, 0.05) is 6.04 Å². The molecule has 2 N–H and O–H groups in total. The highest BCUT2D eigenvalue weighted by molar-refractivity contribution is 5.80. The molecule has 116 valence electrons. The summed E-state index contributed by atoms with van der Waals surface area (Å²) >= 11 is 0. The number of carbonyl (C=O) groups is 1. The molecule has 0 aromatic heterocycles. The van der Waals surface area contributed by atoms with Gasteiger partial charge in [0.05, 0.1) is 25.2 Å². The molecule has 5 heteroatoms. The number of benzene rings is 1. The molecule has 1 aromatic rings. The van der Waals surface area contributed by atoms with E-state index >= 15 is 0 Å². The maximum absolute atomic E-state index is 13.6. The van der Waals surface area contributed by atoms with Crippen LogP contribution in [0.3, 0.4) is 0 Å². The van der Waals surface area contributed by atoms with Crippen molar-refractivity contribution in [1.29, 1.82) is 0 Å². The maximum atomic E-state index is 13.6. The molecule has 3 atom stereocenters. The minimum Gasteiger partial charge on any atom is -0.379 e. The van der Waals surface area contributed by atoms with Crippen LogP contribution in [0, 0.1) is 18.7 Å². The molecule has 2 rings (SSSR count). The first-order valence-corrected chi connectivity index (χ1v) is 7.40. The topological polar surface area (TPSA) is 50.4 Å². The Hall–Kier alpha value is -1.46. The van der Waals surface area contributed by atoms with Gasteiger partial charge in [-0.3, -0.25) is 4.79 Å². The molecule has 0 spiro atoms. The lowest BCUT2D eigenvalue weighted by molar-refractivity contribution is -0.126. The third-order valence-electron chi connectivity index (χ3n) is 3.94. The third kappa shape index (κ3) is 3.80. The zero-order valence-corrected chi connectivity index (χ0v) is 12.8. The van der Waals surface area contributed by atoms with Gasteiger partial charge in [0.2, 0.25) is 5.91 Å². The third-order valence-corrected chi connectivity index (χ3v) is 3.94. The van der Waals surface area contributed by atoms with Gasteiger partial charge in [0.1, 0.15) is 5.82 Å². The van der Waals surface area contributed by atoms with Crippen LogP contribution in [0.25, 0.3) is 0 Å². The minimum absolute atomic E-state index is 0.0491. The van der Waals surface area contributed by atoms with Gasteiger partial charge >= 0.3 is 0 Å². The quantitative estimate of drug-likeness (QED) is 0.872. The molecule has 1 aromatic carbocycles. The lowest BCUT2D eigenvalue weighted by Gasteiger charge is -2.21. The van der Waals surface area contributed by atoms with E-state index in [2.05, 4.69) is 10.6 Å². The Morgan fingerprint density at radius 1 is 1.48 bits per heavy atom. The summed E-state index contributed by atoms with van der Waals surface area (Å²) in [6.07, 6.45) is 0. The molecule has 0 saturated carbocycles. The average molecular weight is 294 g/mol. The lowest BCUT2D eigenvalue weighted by Crippen LogP contribution is -2.44. The molecule has 4 nitrogen and oxygen atoms in total.